The second kappa shape index (κ2) is 8.00. The van der Waals surface area contributed by atoms with Crippen molar-refractivity contribution in [2.24, 2.45) is 0 Å². The molecule has 0 spiro atoms. The third-order valence-electron chi connectivity index (χ3n) is 6.46. The number of hydrogen-bond acceptors (Lipinski definition) is 3. The predicted octanol–water partition coefficient (Wildman–Crippen LogP) is 5.08. The summed E-state index contributed by atoms with van der Waals surface area (Å²) < 4.78 is 1.69. The van der Waals surface area contributed by atoms with Crippen molar-refractivity contribution >= 4 is 22.5 Å². The first-order chi connectivity index (χ1) is 15.9. The van der Waals surface area contributed by atoms with Crippen molar-refractivity contribution in [2.45, 2.75) is 46.1 Å². The van der Waals surface area contributed by atoms with Crippen LogP contribution in [0.1, 0.15) is 42.3 Å². The molecule has 0 radical (unpaired) electrons. The van der Waals surface area contributed by atoms with E-state index in [0.717, 1.165) is 28.1 Å². The molecule has 1 aliphatic heterocycles. The van der Waals surface area contributed by atoms with Crippen LogP contribution in [-0.2, 0) is 11.2 Å². The molecule has 0 aliphatic carbocycles. The Hall–Kier alpha value is -3.73. The monoisotopic (exact) mass is 437 g/mol. The number of benzene rings is 3. The van der Waals surface area contributed by atoms with Gasteiger partial charge < -0.3 is 4.90 Å². The minimum Gasteiger partial charge on any atom is -0.309 e. The zero-order chi connectivity index (χ0) is 23.3. The van der Waals surface area contributed by atoms with Crippen LogP contribution in [0, 0.1) is 13.8 Å². The molecule has 0 saturated heterocycles. The van der Waals surface area contributed by atoms with Crippen molar-refractivity contribution in [3.63, 3.8) is 0 Å². The van der Waals surface area contributed by atoms with E-state index in [4.69, 9.17) is 4.98 Å². The van der Waals surface area contributed by atoms with Crippen LogP contribution in [0.4, 0.5) is 5.69 Å². The highest BCUT2D eigenvalue weighted by atomic mass is 16.2. The smallest absolute Gasteiger partial charge is 0.265 e. The SMILES string of the molecule is Cc1ccc2c(c1)C(Cc1nc3ccccc3c(=O)n1-c1ccccc1C)C(=O)N2C(C)C. The highest BCUT2D eigenvalue weighted by Crippen LogP contribution is 2.41. The summed E-state index contributed by atoms with van der Waals surface area (Å²) in [6, 6.07) is 21.4. The van der Waals surface area contributed by atoms with Gasteiger partial charge in [0.2, 0.25) is 5.91 Å². The number of carbonyl (C=O) groups excluding carboxylic acids is 1. The highest BCUT2D eigenvalue weighted by molar-refractivity contribution is 6.05. The molecule has 1 amide bonds. The summed E-state index contributed by atoms with van der Waals surface area (Å²) >= 11 is 0. The average Bonchev–Trinajstić information content (AvgIpc) is 3.06. The maximum absolute atomic E-state index is 13.7. The zero-order valence-corrected chi connectivity index (χ0v) is 19.4. The number of rotatable bonds is 4. The normalized spacial score (nSPS) is 15.5. The van der Waals surface area contributed by atoms with Crippen LogP contribution in [0.3, 0.4) is 0 Å². The van der Waals surface area contributed by atoms with Gasteiger partial charge in [-0.25, -0.2) is 4.98 Å². The van der Waals surface area contributed by atoms with Gasteiger partial charge in [0.25, 0.3) is 5.56 Å². The largest absolute Gasteiger partial charge is 0.309 e. The number of amides is 1. The molecule has 5 nitrogen and oxygen atoms in total. The Morgan fingerprint density at radius 3 is 2.39 bits per heavy atom. The van der Waals surface area contributed by atoms with Crippen molar-refractivity contribution in [1.29, 1.82) is 0 Å². The number of hydrogen-bond donors (Lipinski definition) is 0. The first kappa shape index (κ1) is 21.1. The van der Waals surface area contributed by atoms with Gasteiger partial charge in [-0.15, -0.1) is 0 Å². The van der Waals surface area contributed by atoms with Crippen LogP contribution in [0.5, 0.6) is 0 Å². The second-order valence-electron chi connectivity index (χ2n) is 9.09. The summed E-state index contributed by atoms with van der Waals surface area (Å²) in [4.78, 5) is 34.0. The van der Waals surface area contributed by atoms with E-state index in [1.807, 2.05) is 93.3 Å². The molecule has 166 valence electrons. The van der Waals surface area contributed by atoms with E-state index in [1.54, 1.807) is 4.57 Å². The Kier molecular flexibility index (Phi) is 5.12. The average molecular weight is 438 g/mol. The highest BCUT2D eigenvalue weighted by Gasteiger charge is 2.39. The molecule has 0 saturated carbocycles. The van der Waals surface area contributed by atoms with Gasteiger partial charge in [0.05, 0.1) is 22.5 Å². The fraction of sp³-hybridized carbons (Fsp3) is 0.250. The molecule has 4 aromatic rings. The number of aromatic nitrogens is 2. The minimum absolute atomic E-state index is 0.0482. The Morgan fingerprint density at radius 1 is 0.909 bits per heavy atom. The lowest BCUT2D eigenvalue weighted by atomic mass is 9.95. The molecule has 33 heavy (non-hydrogen) atoms. The van der Waals surface area contributed by atoms with Crippen molar-refractivity contribution in [3.8, 4) is 5.69 Å². The van der Waals surface area contributed by atoms with Gasteiger partial charge in [-0.3, -0.25) is 14.2 Å². The number of para-hydroxylation sites is 2. The van der Waals surface area contributed by atoms with Crippen LogP contribution < -0.4 is 10.5 Å². The zero-order valence-electron chi connectivity index (χ0n) is 19.4. The lowest BCUT2D eigenvalue weighted by Gasteiger charge is -2.22. The molecule has 1 unspecified atom stereocenters. The minimum atomic E-state index is -0.384. The standard InChI is InChI=1S/C28H27N3O2/c1-17(2)30-25-14-13-18(3)15-21(25)22(28(30)33)16-26-29-23-11-7-6-10-20(23)27(32)31(26)24-12-8-5-9-19(24)4/h5-15,17,22H,16H2,1-4H3. The van der Waals surface area contributed by atoms with Gasteiger partial charge in [-0.05, 0) is 63.1 Å². The van der Waals surface area contributed by atoms with Crippen LogP contribution >= 0.6 is 0 Å². The number of nitrogens with zero attached hydrogens (tertiary/aromatic N) is 3. The lowest BCUT2D eigenvalue weighted by Crippen LogP contribution is -2.36. The van der Waals surface area contributed by atoms with Crippen LogP contribution in [0.25, 0.3) is 16.6 Å². The third-order valence-corrected chi connectivity index (χ3v) is 6.46. The third kappa shape index (κ3) is 3.44. The summed E-state index contributed by atoms with van der Waals surface area (Å²) in [6.45, 7) is 8.08. The van der Waals surface area contributed by atoms with Gasteiger partial charge in [0.1, 0.15) is 5.82 Å². The van der Waals surface area contributed by atoms with Crippen LogP contribution in [0.2, 0.25) is 0 Å². The summed E-state index contributed by atoms with van der Waals surface area (Å²) in [6.07, 6.45) is 0.354. The van der Waals surface area contributed by atoms with E-state index in [1.165, 1.54) is 0 Å². The molecular weight excluding hydrogens is 410 g/mol. The van der Waals surface area contributed by atoms with Crippen LogP contribution in [0.15, 0.2) is 71.5 Å². The Labute approximate surface area is 193 Å². The summed E-state index contributed by atoms with van der Waals surface area (Å²) in [7, 11) is 0. The first-order valence-electron chi connectivity index (χ1n) is 11.4. The van der Waals surface area contributed by atoms with Crippen molar-refractivity contribution in [1.82, 2.24) is 9.55 Å². The van der Waals surface area contributed by atoms with E-state index >= 15 is 0 Å². The van der Waals surface area contributed by atoms with E-state index in [-0.39, 0.29) is 23.4 Å². The summed E-state index contributed by atoms with van der Waals surface area (Å²) in [5.41, 5.74) is 5.39. The molecule has 5 heteroatoms. The second-order valence-corrected chi connectivity index (χ2v) is 9.09. The lowest BCUT2D eigenvalue weighted by molar-refractivity contribution is -0.119. The topological polar surface area (TPSA) is 55.2 Å². The maximum Gasteiger partial charge on any atom is 0.265 e. The molecule has 0 N–H and O–H groups in total. The molecular formula is C28H27N3O2. The quantitative estimate of drug-likeness (QED) is 0.447. The first-order valence-corrected chi connectivity index (χ1v) is 11.4. The van der Waals surface area contributed by atoms with Gasteiger partial charge >= 0.3 is 0 Å². The Bertz CT molecular complexity index is 1450. The van der Waals surface area contributed by atoms with Gasteiger partial charge in [-0.1, -0.05) is 48.0 Å². The van der Waals surface area contributed by atoms with Crippen molar-refractivity contribution in [2.75, 3.05) is 4.90 Å². The number of aryl methyl sites for hydroxylation is 2. The molecule has 1 atom stereocenters. The van der Waals surface area contributed by atoms with E-state index < -0.39 is 0 Å². The van der Waals surface area contributed by atoms with Crippen molar-refractivity contribution in [3.05, 3.63) is 99.6 Å². The fourth-order valence-electron chi connectivity index (χ4n) is 4.88. The molecule has 2 heterocycles. The number of anilines is 1. The molecule has 0 bridgehead atoms. The van der Waals surface area contributed by atoms with Gasteiger partial charge in [-0.2, -0.15) is 0 Å². The summed E-state index contributed by atoms with van der Waals surface area (Å²) in [5, 5.41) is 0.572. The molecule has 0 fully saturated rings. The predicted molar refractivity (Wildman–Crippen MR) is 132 cm³/mol. The molecule has 1 aliphatic rings. The van der Waals surface area contributed by atoms with Gasteiger partial charge in [0, 0.05) is 18.2 Å². The van der Waals surface area contributed by atoms with Gasteiger partial charge in [0.15, 0.2) is 0 Å². The van der Waals surface area contributed by atoms with E-state index in [9.17, 15) is 9.59 Å². The van der Waals surface area contributed by atoms with Crippen LogP contribution in [-0.4, -0.2) is 21.5 Å². The molecule has 3 aromatic carbocycles. The fourth-order valence-corrected chi connectivity index (χ4v) is 4.88. The molecule has 1 aromatic heterocycles. The Morgan fingerprint density at radius 2 is 1.64 bits per heavy atom. The van der Waals surface area contributed by atoms with E-state index in [2.05, 4.69) is 6.07 Å². The molecule has 5 rings (SSSR count). The van der Waals surface area contributed by atoms with Crippen molar-refractivity contribution < 1.29 is 4.79 Å². The summed E-state index contributed by atoms with van der Waals surface area (Å²) in [5.74, 6) is 0.277. The van der Waals surface area contributed by atoms with E-state index in [0.29, 0.717) is 23.1 Å². The Balaban J connectivity index is 1.73. The number of carbonyl (C=O) groups is 1. The maximum atomic E-state index is 13.7. The number of fused-ring (bicyclic) bond motifs is 2.